The van der Waals surface area contributed by atoms with Crippen LogP contribution in [-0.2, 0) is 6.54 Å². The number of hydrogen-bond acceptors (Lipinski definition) is 3. The van der Waals surface area contributed by atoms with Crippen molar-refractivity contribution in [2.24, 2.45) is 0 Å². The Morgan fingerprint density at radius 1 is 1.19 bits per heavy atom. The van der Waals surface area contributed by atoms with Crippen LogP contribution in [0.15, 0.2) is 40.1 Å². The summed E-state index contributed by atoms with van der Waals surface area (Å²) in [6.07, 6.45) is 0. The SMILES string of the molecule is CCN(CC)CCn1c2ccc(C)c3c2c([n+]1[O-])-c1ccc(Cl)cc1S3. The zero-order valence-corrected chi connectivity index (χ0v) is 16.8. The Bertz CT molecular complexity index is 995. The van der Waals surface area contributed by atoms with Gasteiger partial charge in [0.15, 0.2) is 0 Å². The lowest BCUT2D eigenvalue weighted by atomic mass is 10.0. The highest BCUT2D eigenvalue weighted by Gasteiger charge is 2.32. The Labute approximate surface area is 162 Å². The number of likely N-dealkylation sites (N-methyl/N-ethyl adjacent to an activating group) is 1. The number of benzene rings is 2. The fourth-order valence-corrected chi connectivity index (χ4v) is 5.13. The third-order valence-electron chi connectivity index (χ3n) is 5.19. The number of hydrogen-bond donors (Lipinski definition) is 0. The first-order chi connectivity index (χ1) is 12.5. The Morgan fingerprint density at radius 3 is 2.69 bits per heavy atom. The van der Waals surface area contributed by atoms with E-state index in [2.05, 4.69) is 37.8 Å². The Hall–Kier alpha value is -1.69. The number of fused-ring (bicyclic) bond motifs is 2. The van der Waals surface area contributed by atoms with Crippen LogP contribution >= 0.6 is 23.4 Å². The molecule has 0 atom stereocenters. The van der Waals surface area contributed by atoms with E-state index in [4.69, 9.17) is 11.6 Å². The first kappa shape index (κ1) is 17.7. The summed E-state index contributed by atoms with van der Waals surface area (Å²) in [5.41, 5.74) is 3.93. The quantitative estimate of drug-likeness (QED) is 0.367. The molecule has 1 aliphatic rings. The van der Waals surface area contributed by atoms with Crippen LogP contribution in [0, 0.1) is 12.1 Å². The number of halogens is 1. The molecule has 0 saturated heterocycles. The van der Waals surface area contributed by atoms with Crippen LogP contribution in [-0.4, -0.2) is 29.2 Å². The molecule has 0 N–H and O–H groups in total. The number of nitrogens with zero attached hydrogens (tertiary/aromatic N) is 3. The molecule has 1 aromatic heterocycles. The van der Waals surface area contributed by atoms with Crippen LogP contribution in [0.3, 0.4) is 0 Å². The first-order valence-electron chi connectivity index (χ1n) is 9.00. The van der Waals surface area contributed by atoms with Crippen molar-refractivity contribution in [3.63, 3.8) is 0 Å². The summed E-state index contributed by atoms with van der Waals surface area (Å²) < 4.78 is 1.87. The van der Waals surface area contributed by atoms with Crippen LogP contribution in [0.1, 0.15) is 19.4 Å². The molecule has 1 aliphatic heterocycles. The van der Waals surface area contributed by atoms with Crippen molar-refractivity contribution in [2.45, 2.75) is 37.1 Å². The van der Waals surface area contributed by atoms with Gasteiger partial charge in [0.2, 0.25) is 0 Å². The van der Waals surface area contributed by atoms with Crippen LogP contribution < -0.4 is 4.85 Å². The number of rotatable bonds is 5. The molecule has 0 unspecified atom stereocenters. The first-order valence-corrected chi connectivity index (χ1v) is 10.2. The second-order valence-corrected chi connectivity index (χ2v) is 8.11. The fourth-order valence-electron chi connectivity index (χ4n) is 3.68. The molecule has 3 aromatic rings. The zero-order chi connectivity index (χ0) is 18.4. The van der Waals surface area contributed by atoms with Crippen molar-refractivity contribution in [3.05, 3.63) is 46.1 Å². The summed E-state index contributed by atoms with van der Waals surface area (Å²) >= 11 is 7.91. The van der Waals surface area contributed by atoms with Crippen LogP contribution in [0.25, 0.3) is 22.2 Å². The minimum absolute atomic E-state index is 0.678. The van der Waals surface area contributed by atoms with Crippen molar-refractivity contribution in [3.8, 4) is 11.3 Å². The van der Waals surface area contributed by atoms with Crippen molar-refractivity contribution in [1.29, 1.82) is 0 Å². The van der Waals surface area contributed by atoms with E-state index in [1.807, 2.05) is 22.9 Å². The van der Waals surface area contributed by atoms with Crippen LogP contribution in [0.4, 0.5) is 0 Å². The molecule has 6 heteroatoms. The highest BCUT2D eigenvalue weighted by Crippen LogP contribution is 2.48. The van der Waals surface area contributed by atoms with E-state index in [1.54, 1.807) is 11.8 Å². The Balaban J connectivity index is 1.92. The Morgan fingerprint density at radius 2 is 1.96 bits per heavy atom. The van der Waals surface area contributed by atoms with E-state index in [0.29, 0.717) is 11.6 Å². The predicted octanol–water partition coefficient (Wildman–Crippen LogP) is 4.71. The smallest absolute Gasteiger partial charge is 0.261 e. The number of aromatic nitrogens is 2. The van der Waals surface area contributed by atoms with Gasteiger partial charge in [-0.15, -0.1) is 4.68 Å². The van der Waals surface area contributed by atoms with E-state index in [-0.39, 0.29) is 0 Å². The molecule has 0 amide bonds. The third-order valence-corrected chi connectivity index (χ3v) is 6.71. The molecule has 0 bridgehead atoms. The molecule has 136 valence electrons. The lowest BCUT2D eigenvalue weighted by Crippen LogP contribution is -2.41. The molecule has 4 rings (SSSR count). The van der Waals surface area contributed by atoms with Crippen LogP contribution in [0.5, 0.6) is 0 Å². The lowest BCUT2D eigenvalue weighted by molar-refractivity contribution is -0.681. The third kappa shape index (κ3) is 2.70. The lowest BCUT2D eigenvalue weighted by Gasteiger charge is -2.17. The van der Waals surface area contributed by atoms with Gasteiger partial charge < -0.3 is 10.1 Å². The van der Waals surface area contributed by atoms with Gasteiger partial charge in [0.1, 0.15) is 5.52 Å². The van der Waals surface area contributed by atoms with Crippen molar-refractivity contribution >= 4 is 34.3 Å². The second-order valence-electron chi connectivity index (χ2n) is 6.62. The average Bonchev–Trinajstić information content (AvgIpc) is 2.92. The van der Waals surface area contributed by atoms with E-state index < -0.39 is 0 Å². The molecule has 0 aliphatic carbocycles. The molecule has 0 radical (unpaired) electrons. The summed E-state index contributed by atoms with van der Waals surface area (Å²) in [6.45, 7) is 9.93. The van der Waals surface area contributed by atoms with E-state index in [0.717, 1.165) is 51.5 Å². The molecule has 2 heterocycles. The normalized spacial score (nSPS) is 12.8. The molecule has 2 aromatic carbocycles. The highest BCUT2D eigenvalue weighted by atomic mass is 35.5. The van der Waals surface area contributed by atoms with Gasteiger partial charge in [-0.1, -0.05) is 48.1 Å². The van der Waals surface area contributed by atoms with Crippen molar-refractivity contribution in [2.75, 3.05) is 19.6 Å². The van der Waals surface area contributed by atoms with Gasteiger partial charge in [0.05, 0.1) is 17.5 Å². The van der Waals surface area contributed by atoms with Gasteiger partial charge in [-0.25, -0.2) is 0 Å². The standard InChI is InChI=1S/C20H22ClN3OS/c1-4-22(5-2)10-11-23-16-9-6-13(3)20-18(16)19(24(23)25)15-8-7-14(21)12-17(15)26-20/h6-9,12H,4-5,10-11H2,1-3H3. The molecule has 0 saturated carbocycles. The highest BCUT2D eigenvalue weighted by molar-refractivity contribution is 7.99. The maximum absolute atomic E-state index is 13.3. The molecular weight excluding hydrogens is 366 g/mol. The summed E-state index contributed by atoms with van der Waals surface area (Å²) in [5.74, 6) is 0. The van der Waals surface area contributed by atoms with Gasteiger partial charge in [-0.3, -0.25) is 0 Å². The molecular formula is C20H22ClN3OS. The molecule has 0 fully saturated rings. The van der Waals surface area contributed by atoms with E-state index in [1.165, 1.54) is 10.5 Å². The van der Waals surface area contributed by atoms with E-state index >= 15 is 0 Å². The average molecular weight is 388 g/mol. The Kier molecular flexibility index (Phi) is 4.63. The zero-order valence-electron chi connectivity index (χ0n) is 15.3. The summed E-state index contributed by atoms with van der Waals surface area (Å²) in [6, 6.07) is 9.97. The summed E-state index contributed by atoms with van der Waals surface area (Å²) in [7, 11) is 0. The van der Waals surface area contributed by atoms with Gasteiger partial charge in [0.25, 0.3) is 5.69 Å². The van der Waals surface area contributed by atoms with Gasteiger partial charge in [-0.05, 0) is 49.8 Å². The van der Waals surface area contributed by atoms with Crippen molar-refractivity contribution in [1.82, 2.24) is 9.58 Å². The maximum atomic E-state index is 13.3. The monoisotopic (exact) mass is 387 g/mol. The molecule has 0 spiro atoms. The van der Waals surface area contributed by atoms with Crippen LogP contribution in [0.2, 0.25) is 5.02 Å². The minimum Gasteiger partial charge on any atom is -0.595 e. The maximum Gasteiger partial charge on any atom is 0.261 e. The number of aryl methyl sites for hydroxylation is 1. The molecule has 4 nitrogen and oxygen atoms in total. The van der Waals surface area contributed by atoms with Crippen molar-refractivity contribution < 1.29 is 4.85 Å². The fraction of sp³-hybridized carbons (Fsp3) is 0.350. The van der Waals surface area contributed by atoms with Gasteiger partial charge in [-0.2, -0.15) is 0 Å². The largest absolute Gasteiger partial charge is 0.595 e. The minimum atomic E-state index is 0.678. The summed E-state index contributed by atoms with van der Waals surface area (Å²) in [5, 5.41) is 15.0. The molecule has 26 heavy (non-hydrogen) atoms. The van der Waals surface area contributed by atoms with E-state index in [9.17, 15) is 5.21 Å². The summed E-state index contributed by atoms with van der Waals surface area (Å²) in [4.78, 5) is 5.64. The van der Waals surface area contributed by atoms with Gasteiger partial charge in [0, 0.05) is 21.4 Å². The van der Waals surface area contributed by atoms with Gasteiger partial charge >= 0.3 is 0 Å². The predicted molar refractivity (Wildman–Crippen MR) is 108 cm³/mol. The topological polar surface area (TPSA) is 35.1 Å². The second kappa shape index (κ2) is 6.80.